The van der Waals surface area contributed by atoms with Crippen LogP contribution < -0.4 is 10.1 Å². The summed E-state index contributed by atoms with van der Waals surface area (Å²) in [4.78, 5) is 16.4. The van der Waals surface area contributed by atoms with Crippen molar-refractivity contribution in [1.29, 1.82) is 0 Å². The van der Waals surface area contributed by atoms with E-state index in [0.717, 1.165) is 9.54 Å². The lowest BCUT2D eigenvalue weighted by molar-refractivity contribution is 0.0796. The summed E-state index contributed by atoms with van der Waals surface area (Å²) in [6.07, 6.45) is -0.202. The molecule has 2 heterocycles. The average Bonchev–Trinajstić information content (AvgIpc) is 3.18. The number of halogens is 2. The highest BCUT2D eigenvalue weighted by atomic mass is 32.2. The van der Waals surface area contributed by atoms with Gasteiger partial charge in [0.15, 0.2) is 6.61 Å². The Morgan fingerprint density at radius 1 is 1.17 bits per heavy atom. The van der Waals surface area contributed by atoms with Gasteiger partial charge in [-0.25, -0.2) is 21.2 Å². The third-order valence-corrected chi connectivity index (χ3v) is 5.50. The van der Waals surface area contributed by atoms with Crippen molar-refractivity contribution in [2.45, 2.75) is 18.2 Å². The monoisotopic (exact) mass is 421 g/mol. The highest BCUT2D eigenvalue weighted by Gasteiger charge is 2.18. The van der Waals surface area contributed by atoms with Gasteiger partial charge in [-0.05, 0) is 31.2 Å². The summed E-state index contributed by atoms with van der Waals surface area (Å²) in [5, 5.41) is 2.47. The van der Waals surface area contributed by atoms with Crippen LogP contribution in [0.4, 0.5) is 14.6 Å². The fourth-order valence-electron chi connectivity index (χ4n) is 2.39. The van der Waals surface area contributed by atoms with Gasteiger partial charge in [-0.1, -0.05) is 23.8 Å². The normalized spacial score (nSPS) is 11.4. The first-order valence-electron chi connectivity index (χ1n) is 8.45. The molecule has 0 radical (unpaired) electrons. The number of rotatable bonds is 7. The summed E-state index contributed by atoms with van der Waals surface area (Å²) in [6.45, 7) is 1.03. The standard InChI is InChI=1S/C19H17F2N3O4S/c1-13-5-7-15(8-6-13)29(26,27)24-10-9-14(11-24)19(25)23-17-3-2-4-18(22-17)28-12-16(20)21/h2-11,16H,12H2,1H3,(H,22,23,25). The van der Waals surface area contributed by atoms with Crippen LogP contribution in [0.2, 0.25) is 0 Å². The molecule has 1 N–H and O–H groups in total. The number of hydrogen-bond donors (Lipinski definition) is 1. The zero-order valence-electron chi connectivity index (χ0n) is 15.2. The van der Waals surface area contributed by atoms with E-state index in [1.54, 1.807) is 12.1 Å². The highest BCUT2D eigenvalue weighted by Crippen LogP contribution is 2.17. The fraction of sp³-hybridized carbons (Fsp3) is 0.158. The Morgan fingerprint density at radius 3 is 2.59 bits per heavy atom. The van der Waals surface area contributed by atoms with Gasteiger partial charge in [-0.3, -0.25) is 4.79 Å². The van der Waals surface area contributed by atoms with Gasteiger partial charge in [0.05, 0.1) is 10.5 Å². The second-order valence-electron chi connectivity index (χ2n) is 6.07. The zero-order chi connectivity index (χ0) is 21.0. The van der Waals surface area contributed by atoms with Crippen LogP contribution in [0, 0.1) is 6.92 Å². The molecule has 0 fully saturated rings. The summed E-state index contributed by atoms with van der Waals surface area (Å²) < 4.78 is 55.5. The number of nitrogens with zero attached hydrogens (tertiary/aromatic N) is 2. The number of aromatic nitrogens is 2. The van der Waals surface area contributed by atoms with E-state index in [9.17, 15) is 22.0 Å². The van der Waals surface area contributed by atoms with E-state index in [4.69, 9.17) is 4.74 Å². The molecule has 0 aliphatic rings. The summed E-state index contributed by atoms with van der Waals surface area (Å²) in [7, 11) is -3.83. The predicted molar refractivity (Wildman–Crippen MR) is 102 cm³/mol. The molecular weight excluding hydrogens is 404 g/mol. The van der Waals surface area contributed by atoms with E-state index in [1.807, 2.05) is 6.92 Å². The minimum atomic E-state index is -3.83. The van der Waals surface area contributed by atoms with Crippen LogP contribution in [0.25, 0.3) is 0 Å². The van der Waals surface area contributed by atoms with Gasteiger partial charge >= 0.3 is 0 Å². The molecule has 0 atom stereocenters. The van der Waals surface area contributed by atoms with E-state index in [1.165, 1.54) is 48.8 Å². The largest absolute Gasteiger partial charge is 0.472 e. The maximum Gasteiger partial charge on any atom is 0.272 e. The van der Waals surface area contributed by atoms with Crippen LogP contribution in [-0.4, -0.2) is 36.3 Å². The van der Waals surface area contributed by atoms with Gasteiger partial charge in [0.1, 0.15) is 5.82 Å². The van der Waals surface area contributed by atoms with Crippen LogP contribution in [-0.2, 0) is 10.0 Å². The molecule has 1 aromatic carbocycles. The zero-order valence-corrected chi connectivity index (χ0v) is 16.1. The minimum absolute atomic E-state index is 0.0670. The highest BCUT2D eigenvalue weighted by molar-refractivity contribution is 7.90. The first-order valence-corrected chi connectivity index (χ1v) is 9.89. The van der Waals surface area contributed by atoms with Crippen LogP contribution in [0.1, 0.15) is 15.9 Å². The van der Waals surface area contributed by atoms with Gasteiger partial charge in [0, 0.05) is 18.5 Å². The minimum Gasteiger partial charge on any atom is -0.472 e. The van der Waals surface area contributed by atoms with E-state index in [-0.39, 0.29) is 22.2 Å². The lowest BCUT2D eigenvalue weighted by Crippen LogP contribution is -2.14. The van der Waals surface area contributed by atoms with Crippen molar-refractivity contribution >= 4 is 21.7 Å². The Labute approximate surface area is 166 Å². The Kier molecular flexibility index (Phi) is 5.92. The van der Waals surface area contributed by atoms with Crippen LogP contribution in [0.3, 0.4) is 0 Å². The van der Waals surface area contributed by atoms with Gasteiger partial charge < -0.3 is 10.1 Å². The van der Waals surface area contributed by atoms with Gasteiger partial charge in [-0.15, -0.1) is 0 Å². The lowest BCUT2D eigenvalue weighted by atomic mass is 10.2. The van der Waals surface area contributed by atoms with Crippen molar-refractivity contribution in [1.82, 2.24) is 8.96 Å². The molecule has 152 valence electrons. The molecular formula is C19H17F2N3O4S. The Morgan fingerprint density at radius 2 is 1.90 bits per heavy atom. The van der Waals surface area contributed by atoms with Gasteiger partial charge in [0.25, 0.3) is 22.4 Å². The number of hydrogen-bond acceptors (Lipinski definition) is 5. The second-order valence-corrected chi connectivity index (χ2v) is 7.91. The Bertz CT molecular complexity index is 1110. The summed E-state index contributed by atoms with van der Waals surface area (Å²) in [5.74, 6) is -0.597. The third kappa shape index (κ3) is 4.96. The molecule has 0 spiro atoms. The number of carbonyl (C=O) groups excluding carboxylic acids is 1. The topological polar surface area (TPSA) is 90.3 Å². The SMILES string of the molecule is Cc1ccc(S(=O)(=O)n2ccc(C(=O)Nc3cccc(OCC(F)F)n3)c2)cc1. The van der Waals surface area contributed by atoms with Crippen molar-refractivity contribution in [2.75, 3.05) is 11.9 Å². The molecule has 10 heteroatoms. The number of ether oxygens (including phenoxy) is 1. The van der Waals surface area contributed by atoms with Crippen molar-refractivity contribution in [2.24, 2.45) is 0 Å². The summed E-state index contributed by atoms with van der Waals surface area (Å²) in [5.41, 5.74) is 1.00. The van der Waals surface area contributed by atoms with Crippen molar-refractivity contribution in [3.63, 3.8) is 0 Å². The quantitative estimate of drug-likeness (QED) is 0.632. The molecule has 0 unspecified atom stereocenters. The third-order valence-electron chi connectivity index (χ3n) is 3.85. The maximum absolute atomic E-state index is 12.7. The van der Waals surface area contributed by atoms with Crippen molar-refractivity contribution < 1.29 is 26.7 Å². The van der Waals surface area contributed by atoms with Crippen molar-refractivity contribution in [3.8, 4) is 5.88 Å². The Hall–Kier alpha value is -3.27. The van der Waals surface area contributed by atoms with E-state index < -0.39 is 29.0 Å². The first kappa shape index (κ1) is 20.5. The van der Waals surface area contributed by atoms with E-state index in [0.29, 0.717) is 0 Å². The fourth-order valence-corrected chi connectivity index (χ4v) is 3.59. The molecule has 0 bridgehead atoms. The number of benzene rings is 1. The average molecular weight is 421 g/mol. The maximum atomic E-state index is 12.7. The van der Waals surface area contributed by atoms with Crippen LogP contribution in [0.15, 0.2) is 65.8 Å². The first-order chi connectivity index (χ1) is 13.8. The van der Waals surface area contributed by atoms with E-state index in [2.05, 4.69) is 10.3 Å². The van der Waals surface area contributed by atoms with Crippen molar-refractivity contribution in [3.05, 3.63) is 72.1 Å². The van der Waals surface area contributed by atoms with Gasteiger partial charge in [-0.2, -0.15) is 4.98 Å². The number of anilines is 1. The Balaban J connectivity index is 1.74. The van der Waals surface area contributed by atoms with Crippen LogP contribution >= 0.6 is 0 Å². The predicted octanol–water partition coefficient (Wildman–Crippen LogP) is 3.32. The van der Waals surface area contributed by atoms with Crippen LogP contribution in [0.5, 0.6) is 5.88 Å². The molecule has 1 amide bonds. The summed E-state index contributed by atoms with van der Waals surface area (Å²) >= 11 is 0. The number of aryl methyl sites for hydroxylation is 1. The van der Waals surface area contributed by atoms with Gasteiger partial charge in [0.2, 0.25) is 5.88 Å². The smallest absolute Gasteiger partial charge is 0.272 e. The summed E-state index contributed by atoms with van der Waals surface area (Å²) in [6, 6.07) is 12.0. The molecule has 0 aliphatic heterocycles. The molecule has 7 nitrogen and oxygen atoms in total. The molecule has 3 aromatic rings. The number of amides is 1. The molecule has 29 heavy (non-hydrogen) atoms. The lowest BCUT2D eigenvalue weighted by Gasteiger charge is -2.07. The molecule has 0 aliphatic carbocycles. The number of nitrogens with one attached hydrogen (secondary N) is 1. The van der Waals surface area contributed by atoms with E-state index >= 15 is 0 Å². The number of alkyl halides is 2. The molecule has 3 rings (SSSR count). The number of carbonyl (C=O) groups is 1. The molecule has 0 saturated heterocycles. The second kappa shape index (κ2) is 8.39. The molecule has 2 aromatic heterocycles. The number of pyridine rings is 1. The molecule has 0 saturated carbocycles.